The number of rotatable bonds is 6. The van der Waals surface area contributed by atoms with Crippen LogP contribution in [-0.4, -0.2) is 72.6 Å². The number of likely N-dealkylation sites (tertiary alicyclic amines) is 1. The van der Waals surface area contributed by atoms with Crippen molar-refractivity contribution in [3.63, 3.8) is 0 Å². The van der Waals surface area contributed by atoms with Crippen molar-refractivity contribution in [2.45, 2.75) is 96.7 Å². The molecule has 3 fully saturated rings. The minimum absolute atomic E-state index is 0.00437. The van der Waals surface area contributed by atoms with Crippen molar-refractivity contribution in [3.8, 4) is 0 Å². The van der Waals surface area contributed by atoms with Gasteiger partial charge in [-0.15, -0.1) is 11.3 Å². The number of sulfonamides is 1. The first-order chi connectivity index (χ1) is 19.8. The molecule has 8 nitrogen and oxygen atoms in total. The van der Waals surface area contributed by atoms with Gasteiger partial charge in [0.2, 0.25) is 10.0 Å². The summed E-state index contributed by atoms with van der Waals surface area (Å²) in [5.41, 5.74) is 2.20. The van der Waals surface area contributed by atoms with Crippen LogP contribution in [0.3, 0.4) is 0 Å². The van der Waals surface area contributed by atoms with Crippen LogP contribution in [-0.2, 0) is 23.0 Å². The van der Waals surface area contributed by atoms with Gasteiger partial charge < -0.3 is 10.2 Å². The summed E-state index contributed by atoms with van der Waals surface area (Å²) >= 11 is 1.50. The minimum Gasteiger partial charge on any atom is -0.339 e. The maximum atomic E-state index is 13.7. The highest BCUT2D eigenvalue weighted by atomic mass is 32.2. The molecule has 1 saturated carbocycles. The van der Waals surface area contributed by atoms with Crippen LogP contribution in [0.15, 0.2) is 29.2 Å². The summed E-state index contributed by atoms with van der Waals surface area (Å²) in [6, 6.07) is 6.69. The predicted octanol–water partition coefficient (Wildman–Crippen LogP) is 5.59. The summed E-state index contributed by atoms with van der Waals surface area (Å²) in [5, 5.41) is 3.65. The van der Waals surface area contributed by atoms with Gasteiger partial charge in [-0.25, -0.2) is 8.42 Å². The van der Waals surface area contributed by atoms with Crippen LogP contribution >= 0.6 is 11.3 Å². The Hall–Kier alpha value is -2.27. The van der Waals surface area contributed by atoms with Crippen LogP contribution in [0.25, 0.3) is 0 Å². The fourth-order valence-electron chi connectivity index (χ4n) is 8.03. The lowest BCUT2D eigenvalue weighted by Crippen LogP contribution is -2.37. The molecular weight excluding hydrogens is 569 g/mol. The number of thiophene rings is 1. The molecule has 1 aromatic heterocycles. The van der Waals surface area contributed by atoms with Crippen molar-refractivity contribution in [1.82, 2.24) is 14.1 Å². The highest BCUT2D eigenvalue weighted by Crippen LogP contribution is 2.53. The second-order valence-corrected chi connectivity index (χ2v) is 17.3. The Balaban J connectivity index is 1.23. The summed E-state index contributed by atoms with van der Waals surface area (Å²) in [5.74, 6) is -0.326. The molecule has 228 valence electrons. The zero-order valence-corrected chi connectivity index (χ0v) is 27.2. The Kier molecular flexibility index (Phi) is 7.60. The van der Waals surface area contributed by atoms with Crippen molar-refractivity contribution < 1.29 is 18.0 Å². The van der Waals surface area contributed by atoms with Crippen LogP contribution in [0.4, 0.5) is 5.00 Å². The molecule has 2 unspecified atom stereocenters. The Labute approximate surface area is 254 Å². The SMILES string of the molecule is CC(C)N1CCc2c(sc(NC(=O)c3ccc(S(=O)(=O)N4CC5(C)CC4CC(C)(C)C5)cc3)c2C(=O)N2CCCC2)C1. The number of hydrogen-bond donors (Lipinski definition) is 1. The average Bonchev–Trinajstić information content (AvgIpc) is 3.63. The topological polar surface area (TPSA) is 90.0 Å². The van der Waals surface area contributed by atoms with E-state index in [0.29, 0.717) is 28.7 Å². The summed E-state index contributed by atoms with van der Waals surface area (Å²) < 4.78 is 29.1. The van der Waals surface area contributed by atoms with Crippen LogP contribution < -0.4 is 5.32 Å². The Bertz CT molecular complexity index is 1490. The van der Waals surface area contributed by atoms with Crippen LogP contribution in [0.2, 0.25) is 0 Å². The van der Waals surface area contributed by atoms with E-state index in [9.17, 15) is 18.0 Å². The molecule has 0 radical (unpaired) electrons. The van der Waals surface area contributed by atoms with Gasteiger partial charge in [-0.05, 0) is 93.0 Å². The summed E-state index contributed by atoms with van der Waals surface area (Å²) in [4.78, 5) is 32.8. The lowest BCUT2D eigenvalue weighted by Gasteiger charge is -2.39. The van der Waals surface area contributed by atoms with Crippen LogP contribution in [0, 0.1) is 10.8 Å². The van der Waals surface area contributed by atoms with E-state index >= 15 is 0 Å². The number of amides is 2. The Morgan fingerprint density at radius 2 is 1.71 bits per heavy atom. The molecule has 2 aromatic rings. The largest absolute Gasteiger partial charge is 0.339 e. The Morgan fingerprint density at radius 1 is 1.02 bits per heavy atom. The van der Waals surface area contributed by atoms with E-state index in [-0.39, 0.29) is 33.6 Å². The minimum atomic E-state index is -3.68. The first kappa shape index (κ1) is 29.8. The zero-order valence-electron chi connectivity index (χ0n) is 25.5. The fraction of sp³-hybridized carbons (Fsp3) is 0.625. The van der Waals surface area contributed by atoms with Gasteiger partial charge >= 0.3 is 0 Å². The van der Waals surface area contributed by atoms with Gasteiger partial charge in [0.05, 0.1) is 10.5 Å². The third-order valence-electron chi connectivity index (χ3n) is 9.74. The lowest BCUT2D eigenvalue weighted by atomic mass is 9.65. The fourth-order valence-corrected chi connectivity index (χ4v) is 11.1. The van der Waals surface area contributed by atoms with Gasteiger partial charge in [0.15, 0.2) is 0 Å². The number of nitrogens with one attached hydrogen (secondary N) is 1. The number of nitrogens with zero attached hydrogens (tertiary/aromatic N) is 3. The number of carbonyl (C=O) groups is 2. The molecule has 10 heteroatoms. The van der Waals surface area contributed by atoms with E-state index < -0.39 is 10.0 Å². The quantitative estimate of drug-likeness (QED) is 0.459. The molecule has 1 aromatic carbocycles. The molecule has 6 rings (SSSR count). The van der Waals surface area contributed by atoms with Crippen LogP contribution in [0.5, 0.6) is 0 Å². The molecule has 4 aliphatic rings. The second-order valence-electron chi connectivity index (χ2n) is 14.3. The van der Waals surface area contributed by atoms with E-state index in [2.05, 4.69) is 44.8 Å². The van der Waals surface area contributed by atoms with Gasteiger partial charge in [0.1, 0.15) is 5.00 Å². The van der Waals surface area contributed by atoms with E-state index in [1.165, 1.54) is 11.3 Å². The summed E-state index contributed by atoms with van der Waals surface area (Å²) in [6.07, 6.45) is 5.58. The molecule has 4 heterocycles. The van der Waals surface area contributed by atoms with Gasteiger partial charge in [-0.1, -0.05) is 20.8 Å². The maximum Gasteiger partial charge on any atom is 0.257 e. The van der Waals surface area contributed by atoms with E-state index in [4.69, 9.17) is 0 Å². The van der Waals surface area contributed by atoms with Crippen molar-refractivity contribution in [3.05, 3.63) is 45.8 Å². The highest BCUT2D eigenvalue weighted by molar-refractivity contribution is 7.89. The second kappa shape index (κ2) is 10.7. The normalized spacial score (nSPS) is 26.0. The maximum absolute atomic E-state index is 13.7. The first-order valence-corrected chi connectivity index (χ1v) is 17.6. The van der Waals surface area contributed by atoms with Gasteiger partial charge in [-0.2, -0.15) is 4.31 Å². The molecule has 2 bridgehead atoms. The molecule has 2 atom stereocenters. The number of carbonyl (C=O) groups excluding carboxylic acids is 2. The molecule has 1 aliphatic carbocycles. The van der Waals surface area contributed by atoms with Crippen molar-refractivity contribution in [2.24, 2.45) is 10.8 Å². The average molecular weight is 613 g/mol. The van der Waals surface area contributed by atoms with Gasteiger partial charge in [0.25, 0.3) is 11.8 Å². The van der Waals surface area contributed by atoms with E-state index in [1.54, 1.807) is 28.6 Å². The monoisotopic (exact) mass is 612 g/mol. The molecule has 42 heavy (non-hydrogen) atoms. The molecule has 1 N–H and O–H groups in total. The zero-order chi connectivity index (χ0) is 30.0. The smallest absolute Gasteiger partial charge is 0.257 e. The van der Waals surface area contributed by atoms with Crippen molar-refractivity contribution in [1.29, 1.82) is 0 Å². The predicted molar refractivity (Wildman–Crippen MR) is 167 cm³/mol. The summed E-state index contributed by atoms with van der Waals surface area (Å²) in [6.45, 7) is 14.7. The molecule has 0 spiro atoms. The number of benzene rings is 1. The summed E-state index contributed by atoms with van der Waals surface area (Å²) in [7, 11) is -3.68. The molecule has 2 amide bonds. The molecule has 2 saturated heterocycles. The van der Waals surface area contributed by atoms with E-state index in [0.717, 1.165) is 75.1 Å². The lowest BCUT2D eigenvalue weighted by molar-refractivity contribution is 0.0792. The highest BCUT2D eigenvalue weighted by Gasteiger charge is 2.53. The Morgan fingerprint density at radius 3 is 2.38 bits per heavy atom. The van der Waals surface area contributed by atoms with E-state index in [1.807, 2.05) is 4.90 Å². The van der Waals surface area contributed by atoms with Crippen molar-refractivity contribution in [2.75, 3.05) is 31.5 Å². The molecular formula is C32H44N4O4S2. The number of anilines is 1. The van der Waals surface area contributed by atoms with Gasteiger partial charge in [0, 0.05) is 55.2 Å². The van der Waals surface area contributed by atoms with Crippen molar-refractivity contribution >= 4 is 38.2 Å². The molecule has 3 aliphatic heterocycles. The number of fused-ring (bicyclic) bond motifs is 3. The third kappa shape index (κ3) is 5.44. The standard InChI is InChI=1S/C32H44N4O4S2/c1-21(2)35-15-12-25-26(18-35)41-29(27(25)30(38)34-13-6-7-14-34)33-28(37)22-8-10-24(11-9-22)42(39,40)36-20-32(5)17-23(36)16-31(3,4)19-32/h8-11,21,23H,6-7,12-20H2,1-5H3,(H,33,37). The third-order valence-corrected chi connectivity index (χ3v) is 12.8. The first-order valence-electron chi connectivity index (χ1n) is 15.4. The number of hydrogen-bond acceptors (Lipinski definition) is 6. The van der Waals surface area contributed by atoms with Crippen LogP contribution in [0.1, 0.15) is 97.9 Å². The van der Waals surface area contributed by atoms with Gasteiger partial charge in [-0.3, -0.25) is 14.5 Å².